The van der Waals surface area contributed by atoms with Gasteiger partial charge in [0.15, 0.2) is 5.82 Å². The first-order chi connectivity index (χ1) is 12.3. The molecule has 3 aromatic heterocycles. The molecule has 3 N–H and O–H groups in total. The lowest BCUT2D eigenvalue weighted by molar-refractivity contribution is -0.121. The molecule has 3 rings (SSSR count). The number of anilines is 3. The van der Waals surface area contributed by atoms with Gasteiger partial charge in [-0.15, -0.1) is 10.2 Å². The van der Waals surface area contributed by atoms with E-state index in [1.54, 1.807) is 6.20 Å². The van der Waals surface area contributed by atoms with Gasteiger partial charge in [0, 0.05) is 31.7 Å². The summed E-state index contributed by atoms with van der Waals surface area (Å²) in [6.45, 7) is 1.40. The van der Waals surface area contributed by atoms with E-state index < -0.39 is 0 Å². The molecule has 1 amide bonds. The molecule has 0 fully saturated rings. The number of carbonyl (C=O) groups excluding carboxylic acids is 1. The van der Waals surface area contributed by atoms with Crippen LogP contribution in [-0.2, 0) is 11.3 Å². The Balaban J connectivity index is 1.38. The monoisotopic (exact) mass is 337 g/mol. The molecule has 0 radical (unpaired) electrons. The fraction of sp³-hybridized carbons (Fsp3) is 0.176. The zero-order valence-electron chi connectivity index (χ0n) is 13.6. The molecule has 0 aliphatic carbocycles. The minimum atomic E-state index is -0.0287. The number of amides is 1. The second kappa shape index (κ2) is 8.44. The number of carbonyl (C=O) groups is 1. The average Bonchev–Trinajstić information content (AvgIpc) is 3.14. The molecule has 0 aliphatic rings. The van der Waals surface area contributed by atoms with Crippen molar-refractivity contribution >= 4 is 23.4 Å². The van der Waals surface area contributed by atoms with Gasteiger partial charge in [0.05, 0.1) is 0 Å². The van der Waals surface area contributed by atoms with Gasteiger partial charge in [-0.1, -0.05) is 6.07 Å². The molecule has 3 heterocycles. The maximum Gasteiger partial charge on any atom is 0.239 e. The summed E-state index contributed by atoms with van der Waals surface area (Å²) in [5, 5.41) is 17.2. The van der Waals surface area contributed by atoms with Gasteiger partial charge in [-0.2, -0.15) is 0 Å². The Kier molecular flexibility index (Phi) is 5.55. The highest BCUT2D eigenvalue weighted by molar-refractivity contribution is 5.75. The van der Waals surface area contributed by atoms with E-state index in [1.807, 2.05) is 59.4 Å². The predicted molar refractivity (Wildman–Crippen MR) is 95.5 cm³/mol. The van der Waals surface area contributed by atoms with Crippen LogP contribution in [0, 0.1) is 0 Å². The molecule has 128 valence electrons. The Labute approximate surface area is 145 Å². The van der Waals surface area contributed by atoms with Crippen molar-refractivity contribution in [2.45, 2.75) is 6.54 Å². The largest absolute Gasteiger partial charge is 0.367 e. The van der Waals surface area contributed by atoms with Crippen LogP contribution in [0.2, 0.25) is 0 Å². The Morgan fingerprint density at radius 2 is 1.72 bits per heavy atom. The molecule has 0 saturated heterocycles. The SMILES string of the molecule is O=C(Cn1cccc1)NCCNc1ccc(Nc2ccccn2)nn1. The average molecular weight is 337 g/mol. The van der Waals surface area contributed by atoms with E-state index in [0.29, 0.717) is 37.1 Å². The first-order valence-electron chi connectivity index (χ1n) is 7.93. The zero-order valence-corrected chi connectivity index (χ0v) is 13.6. The Bertz CT molecular complexity index is 773. The smallest absolute Gasteiger partial charge is 0.239 e. The highest BCUT2D eigenvalue weighted by atomic mass is 16.1. The zero-order chi connectivity index (χ0) is 17.3. The number of hydrogen-bond donors (Lipinski definition) is 3. The molecule has 0 spiro atoms. The van der Waals surface area contributed by atoms with Crippen molar-refractivity contribution in [3.05, 3.63) is 61.1 Å². The molecular formula is C17H19N7O. The molecule has 0 saturated carbocycles. The van der Waals surface area contributed by atoms with E-state index in [1.165, 1.54) is 0 Å². The van der Waals surface area contributed by atoms with Crippen molar-refractivity contribution in [2.24, 2.45) is 0 Å². The molecule has 3 aromatic rings. The van der Waals surface area contributed by atoms with Crippen LogP contribution in [0.25, 0.3) is 0 Å². The van der Waals surface area contributed by atoms with Crippen molar-refractivity contribution in [1.82, 2.24) is 25.1 Å². The van der Waals surface area contributed by atoms with Crippen molar-refractivity contribution in [1.29, 1.82) is 0 Å². The summed E-state index contributed by atoms with van der Waals surface area (Å²) in [6, 6.07) is 13.0. The quantitative estimate of drug-likeness (QED) is 0.541. The van der Waals surface area contributed by atoms with Crippen molar-refractivity contribution < 1.29 is 4.79 Å². The summed E-state index contributed by atoms with van der Waals surface area (Å²) in [7, 11) is 0. The van der Waals surface area contributed by atoms with Crippen LogP contribution in [-0.4, -0.2) is 38.7 Å². The first-order valence-corrected chi connectivity index (χ1v) is 7.93. The summed E-state index contributed by atoms with van der Waals surface area (Å²) in [4.78, 5) is 15.9. The first kappa shape index (κ1) is 16.4. The fourth-order valence-corrected chi connectivity index (χ4v) is 2.15. The van der Waals surface area contributed by atoms with Crippen molar-refractivity contribution in [3.63, 3.8) is 0 Å². The Morgan fingerprint density at radius 3 is 2.44 bits per heavy atom. The summed E-state index contributed by atoms with van der Waals surface area (Å²) in [5.41, 5.74) is 0. The van der Waals surface area contributed by atoms with Crippen LogP contribution in [0.1, 0.15) is 0 Å². The molecule has 0 bridgehead atoms. The van der Waals surface area contributed by atoms with E-state index in [2.05, 4.69) is 31.1 Å². The summed E-state index contributed by atoms with van der Waals surface area (Å²) >= 11 is 0. The third-order valence-corrected chi connectivity index (χ3v) is 3.33. The van der Waals surface area contributed by atoms with E-state index in [4.69, 9.17) is 0 Å². The van der Waals surface area contributed by atoms with Crippen LogP contribution >= 0.6 is 0 Å². The summed E-state index contributed by atoms with van der Waals surface area (Å²) < 4.78 is 1.82. The van der Waals surface area contributed by atoms with E-state index >= 15 is 0 Å². The highest BCUT2D eigenvalue weighted by Gasteiger charge is 2.02. The number of aromatic nitrogens is 4. The van der Waals surface area contributed by atoms with Crippen LogP contribution in [0.15, 0.2) is 61.1 Å². The van der Waals surface area contributed by atoms with Gasteiger partial charge in [-0.25, -0.2) is 4.98 Å². The molecule has 0 aromatic carbocycles. The van der Waals surface area contributed by atoms with Gasteiger partial charge < -0.3 is 20.5 Å². The van der Waals surface area contributed by atoms with Crippen LogP contribution in [0.4, 0.5) is 17.5 Å². The Hall–Kier alpha value is -3.42. The van der Waals surface area contributed by atoms with Gasteiger partial charge >= 0.3 is 0 Å². The molecule has 8 nitrogen and oxygen atoms in total. The number of nitrogens with one attached hydrogen (secondary N) is 3. The normalized spacial score (nSPS) is 10.2. The second-order valence-corrected chi connectivity index (χ2v) is 5.28. The predicted octanol–water partition coefficient (Wildman–Crippen LogP) is 1.64. The van der Waals surface area contributed by atoms with Crippen LogP contribution in [0.3, 0.4) is 0 Å². The van der Waals surface area contributed by atoms with Gasteiger partial charge in [0.1, 0.15) is 18.2 Å². The van der Waals surface area contributed by atoms with Crippen LogP contribution < -0.4 is 16.0 Å². The lowest BCUT2D eigenvalue weighted by Crippen LogP contribution is -2.31. The topological polar surface area (TPSA) is 96.8 Å². The van der Waals surface area contributed by atoms with Crippen LogP contribution in [0.5, 0.6) is 0 Å². The number of nitrogens with zero attached hydrogens (tertiary/aromatic N) is 4. The van der Waals surface area contributed by atoms with Gasteiger partial charge in [0.25, 0.3) is 0 Å². The van der Waals surface area contributed by atoms with E-state index in [9.17, 15) is 4.79 Å². The summed E-state index contributed by atoms with van der Waals surface area (Å²) in [5.74, 6) is 1.94. The second-order valence-electron chi connectivity index (χ2n) is 5.28. The molecule has 0 aliphatic heterocycles. The molecular weight excluding hydrogens is 318 g/mol. The minimum absolute atomic E-state index is 0.0287. The van der Waals surface area contributed by atoms with Crippen molar-refractivity contribution in [2.75, 3.05) is 23.7 Å². The third kappa shape index (κ3) is 5.31. The minimum Gasteiger partial charge on any atom is -0.367 e. The maximum atomic E-state index is 11.7. The van der Waals surface area contributed by atoms with Gasteiger partial charge in [-0.3, -0.25) is 4.79 Å². The molecule has 25 heavy (non-hydrogen) atoms. The maximum absolute atomic E-state index is 11.7. The number of hydrogen-bond acceptors (Lipinski definition) is 6. The van der Waals surface area contributed by atoms with E-state index in [-0.39, 0.29) is 5.91 Å². The van der Waals surface area contributed by atoms with Gasteiger partial charge in [0.2, 0.25) is 5.91 Å². The standard InChI is InChI=1S/C17H19N7O/c25-17(13-24-11-3-4-12-24)20-10-9-19-15-6-7-16(23-22-15)21-14-5-1-2-8-18-14/h1-8,11-12H,9-10,13H2,(H,19,22)(H,20,25)(H,18,21,23). The van der Waals surface area contributed by atoms with E-state index in [0.717, 1.165) is 0 Å². The van der Waals surface area contributed by atoms with Crippen molar-refractivity contribution in [3.8, 4) is 0 Å². The molecule has 0 unspecified atom stereocenters. The summed E-state index contributed by atoms with van der Waals surface area (Å²) in [6.07, 6.45) is 5.41. The molecule has 8 heteroatoms. The highest BCUT2D eigenvalue weighted by Crippen LogP contribution is 2.11. The van der Waals surface area contributed by atoms with Gasteiger partial charge in [-0.05, 0) is 36.4 Å². The fourth-order valence-electron chi connectivity index (χ4n) is 2.15. The number of rotatable bonds is 8. The third-order valence-electron chi connectivity index (χ3n) is 3.33. The Morgan fingerprint density at radius 1 is 0.920 bits per heavy atom. The lowest BCUT2D eigenvalue weighted by atomic mass is 10.4. The number of pyridine rings is 1. The lowest BCUT2D eigenvalue weighted by Gasteiger charge is -2.08. The molecule has 0 atom stereocenters.